The summed E-state index contributed by atoms with van der Waals surface area (Å²) in [5.74, 6) is 1.61. The Morgan fingerprint density at radius 2 is 1.44 bits per heavy atom. The number of carbonyl (C=O) groups is 1. The third kappa shape index (κ3) is 5.10. The van der Waals surface area contributed by atoms with Gasteiger partial charge in [0.05, 0.1) is 11.6 Å². The lowest BCUT2D eigenvalue weighted by Crippen LogP contribution is -2.30. The van der Waals surface area contributed by atoms with E-state index in [0.717, 1.165) is 5.69 Å². The van der Waals surface area contributed by atoms with Crippen molar-refractivity contribution in [1.82, 2.24) is 0 Å². The zero-order valence-corrected chi connectivity index (χ0v) is 14.8. The summed E-state index contributed by atoms with van der Waals surface area (Å²) < 4.78 is 11.4. The smallest absolute Gasteiger partial charge is 0.265 e. The number of carbonyl (C=O) groups excluding carboxylic acids is 1. The summed E-state index contributed by atoms with van der Waals surface area (Å²) >= 11 is 0. The van der Waals surface area contributed by atoms with Crippen molar-refractivity contribution in [3.05, 3.63) is 84.4 Å². The second-order valence-corrected chi connectivity index (χ2v) is 5.83. The SMILES string of the molecule is CC(Oc1ccc(Oc2ccc(C#N)cc2)cc1)C(=O)Nc1ccccc1. The van der Waals surface area contributed by atoms with Crippen LogP contribution in [0, 0.1) is 11.3 Å². The number of rotatable bonds is 6. The minimum absolute atomic E-state index is 0.223. The van der Waals surface area contributed by atoms with Gasteiger partial charge in [-0.2, -0.15) is 5.26 Å². The third-order valence-electron chi connectivity index (χ3n) is 3.77. The number of nitrogens with one attached hydrogen (secondary N) is 1. The summed E-state index contributed by atoms with van der Waals surface area (Å²) in [7, 11) is 0. The molecule has 0 radical (unpaired) electrons. The minimum Gasteiger partial charge on any atom is -0.481 e. The van der Waals surface area contributed by atoms with Crippen LogP contribution in [-0.2, 0) is 4.79 Å². The van der Waals surface area contributed by atoms with Crippen molar-refractivity contribution in [2.45, 2.75) is 13.0 Å². The molecule has 0 bridgehead atoms. The quantitative estimate of drug-likeness (QED) is 0.690. The van der Waals surface area contributed by atoms with Gasteiger partial charge in [0.25, 0.3) is 5.91 Å². The second kappa shape index (κ2) is 8.54. The van der Waals surface area contributed by atoms with Crippen LogP contribution in [0.25, 0.3) is 0 Å². The average Bonchev–Trinajstić information content (AvgIpc) is 2.71. The lowest BCUT2D eigenvalue weighted by molar-refractivity contribution is -0.122. The van der Waals surface area contributed by atoms with Crippen LogP contribution < -0.4 is 14.8 Å². The van der Waals surface area contributed by atoms with Crippen molar-refractivity contribution in [2.75, 3.05) is 5.32 Å². The third-order valence-corrected chi connectivity index (χ3v) is 3.77. The fourth-order valence-electron chi connectivity index (χ4n) is 2.34. The Kier molecular flexibility index (Phi) is 5.70. The highest BCUT2D eigenvalue weighted by atomic mass is 16.5. The molecular formula is C22H18N2O3. The molecule has 0 spiro atoms. The predicted molar refractivity (Wildman–Crippen MR) is 103 cm³/mol. The summed E-state index contributed by atoms with van der Waals surface area (Å²) in [6, 6.07) is 25.2. The Balaban J connectivity index is 1.56. The van der Waals surface area contributed by atoms with E-state index in [0.29, 0.717) is 22.8 Å². The molecule has 1 N–H and O–H groups in total. The van der Waals surface area contributed by atoms with Crippen LogP contribution >= 0.6 is 0 Å². The highest BCUT2D eigenvalue weighted by Gasteiger charge is 2.14. The first-order chi connectivity index (χ1) is 13.1. The normalized spacial score (nSPS) is 11.1. The maximum Gasteiger partial charge on any atom is 0.265 e. The standard InChI is InChI=1S/C22H18N2O3/c1-16(22(25)24-18-5-3-2-4-6-18)26-19-11-13-21(14-12-19)27-20-9-7-17(15-23)8-10-20/h2-14,16H,1H3,(H,24,25). The van der Waals surface area contributed by atoms with Gasteiger partial charge in [0.2, 0.25) is 0 Å². The van der Waals surface area contributed by atoms with Gasteiger partial charge in [-0.1, -0.05) is 18.2 Å². The summed E-state index contributed by atoms with van der Waals surface area (Å²) in [5.41, 5.74) is 1.30. The summed E-state index contributed by atoms with van der Waals surface area (Å²) in [6.45, 7) is 1.69. The molecule has 0 aliphatic heterocycles. The average molecular weight is 358 g/mol. The molecule has 0 heterocycles. The van der Waals surface area contributed by atoms with Gasteiger partial charge >= 0.3 is 0 Å². The van der Waals surface area contributed by atoms with E-state index in [9.17, 15) is 4.79 Å². The highest BCUT2D eigenvalue weighted by molar-refractivity contribution is 5.94. The number of ether oxygens (including phenoxy) is 2. The van der Waals surface area contributed by atoms with E-state index in [1.807, 2.05) is 30.3 Å². The van der Waals surface area contributed by atoms with Crippen molar-refractivity contribution in [1.29, 1.82) is 5.26 Å². The molecule has 3 aromatic carbocycles. The van der Waals surface area contributed by atoms with E-state index in [1.54, 1.807) is 55.5 Å². The van der Waals surface area contributed by atoms with Gasteiger partial charge in [-0.15, -0.1) is 0 Å². The molecule has 3 rings (SSSR count). The van der Waals surface area contributed by atoms with Crippen LogP contribution in [0.4, 0.5) is 5.69 Å². The maximum absolute atomic E-state index is 12.2. The molecule has 1 atom stereocenters. The number of nitriles is 1. The molecular weight excluding hydrogens is 340 g/mol. The van der Waals surface area contributed by atoms with Crippen LogP contribution in [0.2, 0.25) is 0 Å². The lowest BCUT2D eigenvalue weighted by Gasteiger charge is -2.15. The van der Waals surface area contributed by atoms with E-state index in [1.165, 1.54) is 0 Å². The molecule has 1 amide bonds. The van der Waals surface area contributed by atoms with Crippen LogP contribution in [0.1, 0.15) is 12.5 Å². The first kappa shape index (κ1) is 18.0. The molecule has 0 saturated heterocycles. The van der Waals surface area contributed by atoms with E-state index in [2.05, 4.69) is 11.4 Å². The number of anilines is 1. The number of nitrogens with zero attached hydrogens (tertiary/aromatic N) is 1. The van der Waals surface area contributed by atoms with Crippen LogP contribution in [0.15, 0.2) is 78.9 Å². The van der Waals surface area contributed by atoms with E-state index >= 15 is 0 Å². The fourth-order valence-corrected chi connectivity index (χ4v) is 2.34. The summed E-state index contributed by atoms with van der Waals surface area (Å²) in [6.07, 6.45) is -0.643. The van der Waals surface area contributed by atoms with Gasteiger partial charge in [-0.3, -0.25) is 4.79 Å². The molecule has 0 saturated carbocycles. The van der Waals surface area contributed by atoms with Crippen LogP contribution in [0.3, 0.4) is 0 Å². The monoisotopic (exact) mass is 358 g/mol. The topological polar surface area (TPSA) is 71.3 Å². The highest BCUT2D eigenvalue weighted by Crippen LogP contribution is 2.24. The summed E-state index contributed by atoms with van der Waals surface area (Å²) in [4.78, 5) is 12.2. The Bertz CT molecular complexity index is 930. The van der Waals surface area contributed by atoms with Gasteiger partial charge in [0, 0.05) is 5.69 Å². The number of amides is 1. The van der Waals surface area contributed by atoms with Gasteiger partial charge in [0.1, 0.15) is 17.2 Å². The molecule has 1 unspecified atom stereocenters. The van der Waals surface area contributed by atoms with Crippen molar-refractivity contribution in [2.24, 2.45) is 0 Å². The van der Waals surface area contributed by atoms with Crippen LogP contribution in [0.5, 0.6) is 17.2 Å². The lowest BCUT2D eigenvalue weighted by atomic mass is 10.2. The predicted octanol–water partition coefficient (Wildman–Crippen LogP) is 4.76. The van der Waals surface area contributed by atoms with Crippen molar-refractivity contribution < 1.29 is 14.3 Å². The number of para-hydroxylation sites is 1. The van der Waals surface area contributed by atoms with Crippen molar-refractivity contribution in [3.63, 3.8) is 0 Å². The maximum atomic E-state index is 12.2. The molecule has 5 nitrogen and oxygen atoms in total. The Labute approximate surface area is 157 Å². The molecule has 5 heteroatoms. The summed E-state index contributed by atoms with van der Waals surface area (Å²) in [5, 5.41) is 11.6. The molecule has 134 valence electrons. The minimum atomic E-state index is -0.643. The molecule has 27 heavy (non-hydrogen) atoms. The van der Waals surface area contributed by atoms with E-state index < -0.39 is 6.10 Å². The van der Waals surface area contributed by atoms with Crippen molar-refractivity contribution in [3.8, 4) is 23.3 Å². The Hall–Kier alpha value is -3.78. The van der Waals surface area contributed by atoms with Gasteiger partial charge in [-0.25, -0.2) is 0 Å². The number of hydrogen-bond donors (Lipinski definition) is 1. The van der Waals surface area contributed by atoms with E-state index in [4.69, 9.17) is 14.7 Å². The van der Waals surface area contributed by atoms with Gasteiger partial charge in [-0.05, 0) is 67.6 Å². The molecule has 0 aliphatic rings. The zero-order valence-electron chi connectivity index (χ0n) is 14.8. The number of hydrogen-bond acceptors (Lipinski definition) is 4. The zero-order chi connectivity index (χ0) is 19.1. The van der Waals surface area contributed by atoms with Crippen LogP contribution in [-0.4, -0.2) is 12.0 Å². The first-order valence-corrected chi connectivity index (χ1v) is 8.45. The molecule has 0 aliphatic carbocycles. The molecule has 0 aromatic heterocycles. The fraction of sp³-hybridized carbons (Fsp3) is 0.0909. The second-order valence-electron chi connectivity index (χ2n) is 5.83. The van der Waals surface area contributed by atoms with Gasteiger partial charge in [0.15, 0.2) is 6.10 Å². The first-order valence-electron chi connectivity index (χ1n) is 8.45. The van der Waals surface area contributed by atoms with E-state index in [-0.39, 0.29) is 5.91 Å². The number of benzene rings is 3. The van der Waals surface area contributed by atoms with Gasteiger partial charge < -0.3 is 14.8 Å². The Morgan fingerprint density at radius 1 is 0.889 bits per heavy atom. The Morgan fingerprint density at radius 3 is 2.04 bits per heavy atom. The molecule has 0 fully saturated rings. The van der Waals surface area contributed by atoms with Crippen molar-refractivity contribution >= 4 is 11.6 Å². The largest absolute Gasteiger partial charge is 0.481 e. The molecule has 3 aromatic rings.